The van der Waals surface area contributed by atoms with Gasteiger partial charge in [-0.25, -0.2) is 4.98 Å². The Bertz CT molecular complexity index is 1120. The van der Waals surface area contributed by atoms with Gasteiger partial charge in [0.05, 0.1) is 17.6 Å². The fourth-order valence-electron chi connectivity index (χ4n) is 4.40. The molecule has 0 saturated heterocycles. The maximum atomic E-state index is 12.9. The molecule has 0 unspecified atom stereocenters. The van der Waals surface area contributed by atoms with Crippen molar-refractivity contribution in [2.75, 3.05) is 39.5 Å². The molecule has 0 aliphatic heterocycles. The molecule has 0 bridgehead atoms. The van der Waals surface area contributed by atoms with E-state index in [2.05, 4.69) is 34.7 Å². The summed E-state index contributed by atoms with van der Waals surface area (Å²) in [7, 11) is 5.61. The summed E-state index contributed by atoms with van der Waals surface area (Å²) in [5.41, 5.74) is 3.57. The zero-order valence-corrected chi connectivity index (χ0v) is 21.9. The summed E-state index contributed by atoms with van der Waals surface area (Å²) in [6.07, 6.45) is 10.6. The second-order valence-electron chi connectivity index (χ2n) is 10.1. The first-order valence-corrected chi connectivity index (χ1v) is 12.9. The number of rotatable bonds is 12. The van der Waals surface area contributed by atoms with Crippen molar-refractivity contribution in [3.8, 4) is 0 Å². The Hall–Kier alpha value is -3.26. The van der Waals surface area contributed by atoms with E-state index in [0.29, 0.717) is 38.3 Å². The third-order valence-corrected chi connectivity index (χ3v) is 6.93. The van der Waals surface area contributed by atoms with Crippen molar-refractivity contribution in [1.29, 1.82) is 0 Å². The van der Waals surface area contributed by atoms with E-state index in [1.165, 1.54) is 12.8 Å². The van der Waals surface area contributed by atoms with E-state index in [0.717, 1.165) is 34.9 Å². The number of anilines is 2. The molecule has 2 aliphatic carbocycles. The molecule has 1 heterocycles. The molecule has 0 radical (unpaired) electrons. The van der Waals surface area contributed by atoms with E-state index < -0.39 is 5.54 Å². The molecule has 2 aliphatic rings. The highest BCUT2D eigenvalue weighted by Crippen LogP contribution is 2.42. The van der Waals surface area contributed by atoms with Gasteiger partial charge in [0.25, 0.3) is 0 Å². The molecular formula is C28H38N6O2. The Morgan fingerprint density at radius 3 is 2.64 bits per heavy atom. The second kappa shape index (κ2) is 11.2. The van der Waals surface area contributed by atoms with Crippen LogP contribution in [0.25, 0.3) is 0 Å². The normalized spacial score (nSPS) is 16.2. The predicted octanol–water partition coefficient (Wildman–Crippen LogP) is 3.43. The number of hydrogen-bond acceptors (Lipinski definition) is 6. The van der Waals surface area contributed by atoms with Crippen LogP contribution in [-0.2, 0) is 22.4 Å². The van der Waals surface area contributed by atoms with Gasteiger partial charge in [-0.2, -0.15) is 0 Å². The third kappa shape index (κ3) is 6.29. The first kappa shape index (κ1) is 25.8. The van der Waals surface area contributed by atoms with E-state index in [1.54, 1.807) is 24.2 Å². The topological polar surface area (TPSA) is 90.5 Å². The third-order valence-electron chi connectivity index (χ3n) is 6.93. The Morgan fingerprint density at radius 2 is 1.97 bits per heavy atom. The number of carbonyl (C=O) groups excluding carboxylic acids is 2. The van der Waals surface area contributed by atoms with Gasteiger partial charge in [0, 0.05) is 37.8 Å². The monoisotopic (exact) mass is 490 g/mol. The Morgan fingerprint density at radius 1 is 1.19 bits per heavy atom. The molecule has 4 rings (SSSR count). The predicted molar refractivity (Wildman–Crippen MR) is 142 cm³/mol. The van der Waals surface area contributed by atoms with Gasteiger partial charge in [0.15, 0.2) is 0 Å². The van der Waals surface area contributed by atoms with Gasteiger partial charge in [-0.05, 0) is 70.3 Å². The van der Waals surface area contributed by atoms with Gasteiger partial charge in [0.1, 0.15) is 11.4 Å². The smallest absolute Gasteiger partial charge is 0.246 e. The van der Waals surface area contributed by atoms with Gasteiger partial charge in [-0.15, -0.1) is 0 Å². The van der Waals surface area contributed by atoms with Crippen LogP contribution in [-0.4, -0.2) is 71.4 Å². The largest absolute Gasteiger partial charge is 0.354 e. The first-order chi connectivity index (χ1) is 17.3. The number of aromatic nitrogens is 2. The van der Waals surface area contributed by atoms with Crippen LogP contribution in [0.4, 0.5) is 11.5 Å². The van der Waals surface area contributed by atoms with Crippen LogP contribution in [0.5, 0.6) is 0 Å². The van der Waals surface area contributed by atoms with Crippen molar-refractivity contribution in [3.05, 3.63) is 59.6 Å². The molecule has 1 aromatic carbocycles. The molecule has 8 nitrogen and oxygen atoms in total. The Kier molecular flexibility index (Phi) is 8.04. The first-order valence-electron chi connectivity index (χ1n) is 12.9. The highest BCUT2D eigenvalue weighted by Gasteiger charge is 2.54. The van der Waals surface area contributed by atoms with Crippen molar-refractivity contribution in [1.82, 2.24) is 25.1 Å². The lowest BCUT2D eigenvalue weighted by Crippen LogP contribution is -2.49. The molecule has 36 heavy (non-hydrogen) atoms. The minimum atomic E-state index is -0.717. The highest BCUT2D eigenvalue weighted by atomic mass is 16.2. The summed E-state index contributed by atoms with van der Waals surface area (Å²) >= 11 is 0. The highest BCUT2D eigenvalue weighted by molar-refractivity contribution is 5.97. The minimum Gasteiger partial charge on any atom is -0.354 e. The van der Waals surface area contributed by atoms with Gasteiger partial charge >= 0.3 is 0 Å². The number of benzene rings is 1. The molecule has 2 fully saturated rings. The van der Waals surface area contributed by atoms with E-state index in [1.807, 2.05) is 37.2 Å². The van der Waals surface area contributed by atoms with E-state index >= 15 is 0 Å². The van der Waals surface area contributed by atoms with Crippen molar-refractivity contribution in [3.63, 3.8) is 0 Å². The summed E-state index contributed by atoms with van der Waals surface area (Å²) in [4.78, 5) is 38.5. The lowest BCUT2D eigenvalue weighted by atomic mass is 10.1. The standard InChI is InChI=1S/C28H38N6O2/c1-5-23-26(21-11-12-21)32-24(19-30-23)31-22-9-6-8-20(18-22)13-16-29-27(36)28(14-15-28)34(4)25(35)10-7-17-33(2)3/h6-10,18-19,21H,5,11-17H2,1-4H3,(H,29,36)(H,31,32)/b10-7+. The van der Waals surface area contributed by atoms with E-state index in [-0.39, 0.29) is 11.8 Å². The van der Waals surface area contributed by atoms with Crippen LogP contribution in [0.1, 0.15) is 55.5 Å². The number of carbonyl (C=O) groups is 2. The molecule has 0 atom stereocenters. The van der Waals surface area contributed by atoms with Gasteiger partial charge in [-0.1, -0.05) is 25.1 Å². The van der Waals surface area contributed by atoms with Crippen LogP contribution in [0.15, 0.2) is 42.6 Å². The summed E-state index contributed by atoms with van der Waals surface area (Å²) < 4.78 is 0. The summed E-state index contributed by atoms with van der Waals surface area (Å²) in [6.45, 7) is 3.32. The average Bonchev–Trinajstić information content (AvgIpc) is 3.77. The number of nitrogens with zero attached hydrogens (tertiary/aromatic N) is 4. The zero-order valence-electron chi connectivity index (χ0n) is 21.9. The maximum Gasteiger partial charge on any atom is 0.246 e. The Labute approximate surface area is 214 Å². The SMILES string of the molecule is CCc1ncc(Nc2cccc(CCNC(=O)C3(N(C)C(=O)/C=C/CN(C)C)CC3)c2)nc1C1CC1. The number of likely N-dealkylation sites (N-methyl/N-ethyl adjacent to an activating group) is 2. The van der Waals surface area contributed by atoms with Crippen LogP contribution < -0.4 is 10.6 Å². The fourth-order valence-corrected chi connectivity index (χ4v) is 4.40. The fraction of sp³-hybridized carbons (Fsp3) is 0.500. The quantitative estimate of drug-likeness (QED) is 0.443. The number of amides is 2. The molecule has 2 saturated carbocycles. The van der Waals surface area contributed by atoms with Crippen LogP contribution in [0, 0.1) is 0 Å². The lowest BCUT2D eigenvalue weighted by molar-refractivity contribution is -0.137. The molecule has 2 amide bonds. The van der Waals surface area contributed by atoms with Gasteiger partial charge in [-0.3, -0.25) is 14.6 Å². The zero-order chi connectivity index (χ0) is 25.7. The van der Waals surface area contributed by atoms with Crippen molar-refractivity contribution in [2.45, 2.75) is 56.9 Å². The average molecular weight is 491 g/mol. The van der Waals surface area contributed by atoms with Crippen molar-refractivity contribution < 1.29 is 9.59 Å². The van der Waals surface area contributed by atoms with Crippen molar-refractivity contribution >= 4 is 23.3 Å². The molecule has 2 aromatic rings. The molecule has 192 valence electrons. The van der Waals surface area contributed by atoms with Crippen LogP contribution in [0.2, 0.25) is 0 Å². The molecule has 2 N–H and O–H groups in total. The number of aryl methyl sites for hydroxylation is 1. The summed E-state index contributed by atoms with van der Waals surface area (Å²) in [5.74, 6) is 1.11. The number of nitrogens with one attached hydrogen (secondary N) is 2. The van der Waals surface area contributed by atoms with Crippen molar-refractivity contribution in [2.24, 2.45) is 0 Å². The minimum absolute atomic E-state index is 0.0764. The van der Waals surface area contributed by atoms with Gasteiger partial charge < -0.3 is 20.4 Å². The molecule has 0 spiro atoms. The lowest BCUT2D eigenvalue weighted by Gasteiger charge is -2.26. The molecule has 8 heteroatoms. The van der Waals surface area contributed by atoms with E-state index in [9.17, 15) is 9.59 Å². The Balaban J connectivity index is 1.30. The van der Waals surface area contributed by atoms with E-state index in [4.69, 9.17) is 4.98 Å². The summed E-state index contributed by atoms with van der Waals surface area (Å²) in [6, 6.07) is 8.15. The molecule has 1 aromatic heterocycles. The van der Waals surface area contributed by atoms with Gasteiger partial charge in [0.2, 0.25) is 11.8 Å². The van der Waals surface area contributed by atoms with Crippen LogP contribution in [0.3, 0.4) is 0 Å². The van der Waals surface area contributed by atoms with Crippen LogP contribution >= 0.6 is 0 Å². The molecular weight excluding hydrogens is 452 g/mol. The summed E-state index contributed by atoms with van der Waals surface area (Å²) in [5, 5.41) is 6.43. The number of hydrogen-bond donors (Lipinski definition) is 2. The second-order valence-corrected chi connectivity index (χ2v) is 10.1. The maximum absolute atomic E-state index is 12.9.